The fourth-order valence-corrected chi connectivity index (χ4v) is 4.58. The summed E-state index contributed by atoms with van der Waals surface area (Å²) in [5, 5.41) is 14.9. The third-order valence-electron chi connectivity index (χ3n) is 5.15. The van der Waals surface area contributed by atoms with Crippen molar-refractivity contribution in [1.29, 1.82) is 0 Å². The average Bonchev–Trinajstić information content (AvgIpc) is 3.24. The van der Waals surface area contributed by atoms with E-state index in [1.54, 1.807) is 36.4 Å². The molecule has 1 atom stereocenters. The van der Waals surface area contributed by atoms with Crippen molar-refractivity contribution in [3.8, 4) is 0 Å². The molecule has 0 saturated carbocycles. The van der Waals surface area contributed by atoms with Crippen LogP contribution in [-0.2, 0) is 17.9 Å². The Morgan fingerprint density at radius 2 is 1.80 bits per heavy atom. The van der Waals surface area contributed by atoms with Gasteiger partial charge in [-0.15, -0.1) is 10.2 Å². The first-order valence-corrected chi connectivity index (χ1v) is 12.6. The summed E-state index contributed by atoms with van der Waals surface area (Å²) < 4.78 is 1.85. The number of ketones is 1. The molecule has 0 fully saturated rings. The lowest BCUT2D eigenvalue weighted by Crippen LogP contribution is -2.26. The van der Waals surface area contributed by atoms with Gasteiger partial charge in [0.1, 0.15) is 0 Å². The van der Waals surface area contributed by atoms with Gasteiger partial charge < -0.3 is 15.2 Å². The lowest BCUT2D eigenvalue weighted by Gasteiger charge is -2.15. The normalized spacial score (nSPS) is 11.7. The van der Waals surface area contributed by atoms with Crippen LogP contribution in [-0.4, -0.2) is 37.6 Å². The molecule has 35 heavy (non-hydrogen) atoms. The number of carbonyl (C=O) groups excluding carboxylic acids is 3. The highest BCUT2D eigenvalue weighted by atomic mass is 35.5. The predicted molar refractivity (Wildman–Crippen MR) is 138 cm³/mol. The zero-order valence-electron chi connectivity index (χ0n) is 19.5. The highest BCUT2D eigenvalue weighted by Gasteiger charge is 2.23. The van der Waals surface area contributed by atoms with Gasteiger partial charge in [-0.1, -0.05) is 54.0 Å². The number of Topliss-reactive ketones (excluding diaryl/α,β-unsaturated/α-hetero) is 1. The molecule has 0 aliphatic carbocycles. The van der Waals surface area contributed by atoms with Crippen LogP contribution in [0.1, 0.15) is 53.7 Å². The topological polar surface area (TPSA) is 106 Å². The van der Waals surface area contributed by atoms with Crippen LogP contribution in [0.2, 0.25) is 10.0 Å². The van der Waals surface area contributed by atoms with Crippen LogP contribution >= 0.6 is 35.0 Å². The zero-order valence-corrected chi connectivity index (χ0v) is 21.8. The lowest BCUT2D eigenvalue weighted by molar-refractivity contribution is -0.115. The van der Waals surface area contributed by atoms with E-state index in [1.807, 2.05) is 18.4 Å². The first kappa shape index (κ1) is 26.7. The summed E-state index contributed by atoms with van der Waals surface area (Å²) in [7, 11) is 0. The van der Waals surface area contributed by atoms with Gasteiger partial charge >= 0.3 is 0 Å². The molecule has 2 aromatic carbocycles. The molecule has 11 heteroatoms. The second-order valence-electron chi connectivity index (χ2n) is 7.60. The first-order chi connectivity index (χ1) is 16.7. The monoisotopic (exact) mass is 533 g/mol. The Hall–Kier alpha value is -2.88. The number of thioether (sulfide) groups is 1. The van der Waals surface area contributed by atoms with Gasteiger partial charge in [-0.05, 0) is 50.6 Å². The summed E-state index contributed by atoms with van der Waals surface area (Å²) in [6, 6.07) is 11.5. The van der Waals surface area contributed by atoms with Gasteiger partial charge in [-0.3, -0.25) is 14.4 Å². The Balaban J connectivity index is 1.67. The van der Waals surface area contributed by atoms with E-state index in [0.29, 0.717) is 50.8 Å². The summed E-state index contributed by atoms with van der Waals surface area (Å²) in [5.41, 5.74) is 1.47. The molecule has 1 aromatic heterocycles. The van der Waals surface area contributed by atoms with Crippen LogP contribution in [0.3, 0.4) is 0 Å². The number of amides is 2. The fraction of sp³-hybridized carbons (Fsp3) is 0.292. The molecule has 1 unspecified atom stereocenters. The van der Waals surface area contributed by atoms with E-state index < -0.39 is 5.25 Å². The quantitative estimate of drug-likeness (QED) is 0.272. The molecule has 0 radical (unpaired) electrons. The molecule has 0 aliphatic heterocycles. The highest BCUT2D eigenvalue weighted by Crippen LogP contribution is 2.26. The number of nitrogens with zero attached hydrogens (tertiary/aromatic N) is 3. The second-order valence-corrected chi connectivity index (χ2v) is 9.58. The van der Waals surface area contributed by atoms with Gasteiger partial charge in [0.15, 0.2) is 16.8 Å². The van der Waals surface area contributed by atoms with E-state index in [0.717, 1.165) is 0 Å². The van der Waals surface area contributed by atoms with Crippen LogP contribution in [0.25, 0.3) is 0 Å². The fourth-order valence-electron chi connectivity index (χ4n) is 3.24. The van der Waals surface area contributed by atoms with Gasteiger partial charge in [0.05, 0.1) is 21.8 Å². The zero-order chi connectivity index (χ0) is 25.5. The maximum absolute atomic E-state index is 12.9. The summed E-state index contributed by atoms with van der Waals surface area (Å²) >= 11 is 13.2. The molecule has 184 valence electrons. The van der Waals surface area contributed by atoms with Gasteiger partial charge in [0.25, 0.3) is 5.91 Å². The third-order valence-corrected chi connectivity index (χ3v) is 7.23. The highest BCUT2D eigenvalue weighted by molar-refractivity contribution is 8.00. The van der Waals surface area contributed by atoms with Crippen LogP contribution in [0.5, 0.6) is 0 Å². The SMILES string of the molecule is CCC(Sc1nnc(CNC(=O)c2ccc(Cl)c(Cl)c2)n1CC)C(=O)Nc1cccc(C(C)=O)c1. The number of rotatable bonds is 10. The number of nitrogens with one attached hydrogen (secondary N) is 2. The molecule has 8 nitrogen and oxygen atoms in total. The molecule has 0 bridgehead atoms. The van der Waals surface area contributed by atoms with Crippen molar-refractivity contribution >= 4 is 58.2 Å². The Morgan fingerprint density at radius 3 is 2.46 bits per heavy atom. The van der Waals surface area contributed by atoms with Crippen LogP contribution in [0.15, 0.2) is 47.6 Å². The van der Waals surface area contributed by atoms with E-state index in [1.165, 1.54) is 24.8 Å². The van der Waals surface area contributed by atoms with Crippen molar-refractivity contribution in [2.75, 3.05) is 5.32 Å². The Bertz CT molecular complexity index is 1250. The molecule has 1 heterocycles. The third kappa shape index (κ3) is 6.84. The molecule has 2 N–H and O–H groups in total. The standard InChI is InChI=1S/C24H25Cl2N5O3S/c1-4-20(23(34)28-17-8-6-7-15(11-17)14(3)32)35-24-30-29-21(31(24)5-2)13-27-22(33)16-9-10-18(25)19(26)12-16/h6-12,20H,4-5,13H2,1-3H3,(H,27,33)(H,28,34). The Labute approximate surface area is 217 Å². The molecule has 2 amide bonds. The molecule has 3 aromatic rings. The van der Waals surface area contributed by atoms with Crippen molar-refractivity contribution in [2.24, 2.45) is 0 Å². The molecular weight excluding hydrogens is 509 g/mol. The van der Waals surface area contributed by atoms with Crippen molar-refractivity contribution < 1.29 is 14.4 Å². The van der Waals surface area contributed by atoms with Gasteiger partial charge in [0, 0.05) is 23.4 Å². The van der Waals surface area contributed by atoms with Crippen LogP contribution in [0.4, 0.5) is 5.69 Å². The lowest BCUT2D eigenvalue weighted by atomic mass is 10.1. The molecule has 0 aliphatic rings. The number of carbonyl (C=O) groups is 3. The minimum Gasteiger partial charge on any atom is -0.345 e. The van der Waals surface area contributed by atoms with Crippen LogP contribution < -0.4 is 10.6 Å². The van der Waals surface area contributed by atoms with E-state index in [-0.39, 0.29) is 24.1 Å². The van der Waals surface area contributed by atoms with Crippen molar-refractivity contribution in [1.82, 2.24) is 20.1 Å². The number of anilines is 1. The largest absolute Gasteiger partial charge is 0.345 e. The second kappa shape index (κ2) is 12.2. The maximum Gasteiger partial charge on any atom is 0.251 e. The van der Waals surface area contributed by atoms with Gasteiger partial charge in [-0.25, -0.2) is 0 Å². The molecule has 0 saturated heterocycles. The van der Waals surface area contributed by atoms with Crippen molar-refractivity contribution in [2.45, 2.75) is 50.7 Å². The predicted octanol–water partition coefficient (Wildman–Crippen LogP) is 5.25. The number of hydrogen-bond donors (Lipinski definition) is 2. The van der Waals surface area contributed by atoms with E-state index >= 15 is 0 Å². The Kier molecular flexibility index (Phi) is 9.31. The van der Waals surface area contributed by atoms with Gasteiger partial charge in [0.2, 0.25) is 5.91 Å². The first-order valence-electron chi connectivity index (χ1n) is 11.0. The number of hydrogen-bond acceptors (Lipinski definition) is 6. The van der Waals surface area contributed by atoms with Crippen LogP contribution in [0, 0.1) is 0 Å². The Morgan fingerprint density at radius 1 is 1.03 bits per heavy atom. The van der Waals surface area contributed by atoms with E-state index in [2.05, 4.69) is 20.8 Å². The summed E-state index contributed by atoms with van der Waals surface area (Å²) in [4.78, 5) is 37.0. The molecule has 0 spiro atoms. The van der Waals surface area contributed by atoms with E-state index in [9.17, 15) is 14.4 Å². The van der Waals surface area contributed by atoms with Crippen molar-refractivity contribution in [3.05, 3.63) is 69.5 Å². The van der Waals surface area contributed by atoms with Crippen molar-refractivity contribution in [3.63, 3.8) is 0 Å². The molecular formula is C24H25Cl2N5O3S. The summed E-state index contributed by atoms with van der Waals surface area (Å²) in [5.74, 6) is -0.0227. The summed E-state index contributed by atoms with van der Waals surface area (Å²) in [6.07, 6.45) is 0.558. The maximum atomic E-state index is 12.9. The average molecular weight is 534 g/mol. The van der Waals surface area contributed by atoms with Gasteiger partial charge in [-0.2, -0.15) is 0 Å². The number of benzene rings is 2. The van der Waals surface area contributed by atoms with E-state index in [4.69, 9.17) is 23.2 Å². The number of halogens is 2. The minimum absolute atomic E-state index is 0.0719. The summed E-state index contributed by atoms with van der Waals surface area (Å²) in [6.45, 7) is 6.04. The number of aromatic nitrogens is 3. The smallest absolute Gasteiger partial charge is 0.251 e. The molecule has 3 rings (SSSR count). The minimum atomic E-state index is -0.427.